The molecule has 0 unspecified atom stereocenters. The molecule has 0 aliphatic heterocycles. The van der Waals surface area contributed by atoms with E-state index < -0.39 is 17.5 Å². The Kier molecular flexibility index (Phi) is 8.37. The van der Waals surface area contributed by atoms with E-state index in [1.54, 1.807) is 6.92 Å². The molecule has 8 heteroatoms. The fraction of sp³-hybridized carbons (Fsp3) is 0.609. The van der Waals surface area contributed by atoms with Gasteiger partial charge in [-0.05, 0) is 69.6 Å². The van der Waals surface area contributed by atoms with Crippen molar-refractivity contribution in [2.45, 2.75) is 76.8 Å². The number of amides is 1. The van der Waals surface area contributed by atoms with Crippen molar-refractivity contribution in [2.75, 3.05) is 6.61 Å². The Labute approximate surface area is 181 Å². The molecule has 2 N–H and O–H groups in total. The minimum Gasteiger partial charge on any atom is -0.466 e. The number of carbonyl (C=O) groups is 2. The maximum Gasteiger partial charge on any atom is 0.306 e. The first-order valence-electron chi connectivity index (χ1n) is 11.2. The molecule has 0 spiro atoms. The van der Waals surface area contributed by atoms with Crippen LogP contribution in [0.2, 0.25) is 0 Å². The van der Waals surface area contributed by atoms with Crippen molar-refractivity contribution in [3.63, 3.8) is 0 Å². The Hall–Kier alpha value is -2.51. The smallest absolute Gasteiger partial charge is 0.306 e. The lowest BCUT2D eigenvalue weighted by Crippen LogP contribution is -2.46. The molecule has 0 heterocycles. The number of nitrogens with zero attached hydrogens (tertiary/aromatic N) is 1. The van der Waals surface area contributed by atoms with Gasteiger partial charge in [-0.25, -0.2) is 13.8 Å². The zero-order valence-electron chi connectivity index (χ0n) is 18.0. The molecule has 2 aliphatic carbocycles. The predicted molar refractivity (Wildman–Crippen MR) is 114 cm³/mol. The summed E-state index contributed by atoms with van der Waals surface area (Å²) in [5.41, 5.74) is 0.0398. The van der Waals surface area contributed by atoms with Crippen molar-refractivity contribution >= 4 is 17.8 Å². The number of guanidine groups is 1. The molecule has 2 saturated carbocycles. The highest BCUT2D eigenvalue weighted by molar-refractivity contribution is 6.05. The van der Waals surface area contributed by atoms with Crippen LogP contribution in [-0.4, -0.2) is 36.5 Å². The normalized spacial score (nSPS) is 22.2. The van der Waals surface area contributed by atoms with Crippen molar-refractivity contribution < 1.29 is 23.1 Å². The van der Waals surface area contributed by atoms with E-state index in [1.807, 2.05) is 0 Å². The molecule has 170 valence electrons. The Bertz CT molecular complexity index is 801. The van der Waals surface area contributed by atoms with Crippen LogP contribution in [0.3, 0.4) is 0 Å². The number of halogens is 2. The van der Waals surface area contributed by atoms with E-state index in [-0.39, 0.29) is 23.6 Å². The molecular weight excluding hydrogens is 404 g/mol. The highest BCUT2D eigenvalue weighted by atomic mass is 19.2. The molecule has 2 aliphatic rings. The van der Waals surface area contributed by atoms with Crippen LogP contribution < -0.4 is 10.6 Å². The fourth-order valence-electron chi connectivity index (χ4n) is 4.30. The fourth-order valence-corrected chi connectivity index (χ4v) is 4.30. The van der Waals surface area contributed by atoms with Crippen LogP contribution in [0.1, 0.15) is 75.1 Å². The number of nitrogens with one attached hydrogen (secondary N) is 2. The molecule has 0 bridgehead atoms. The molecule has 0 saturated heterocycles. The number of aliphatic imine (C=N–C) groups is 1. The number of hydrogen-bond acceptors (Lipinski definition) is 4. The molecule has 0 atom stereocenters. The maximum absolute atomic E-state index is 13.5. The Morgan fingerprint density at radius 2 is 1.77 bits per heavy atom. The summed E-state index contributed by atoms with van der Waals surface area (Å²) in [6.45, 7) is 2.20. The zero-order chi connectivity index (χ0) is 22.2. The maximum atomic E-state index is 13.5. The quantitative estimate of drug-likeness (QED) is 0.401. The van der Waals surface area contributed by atoms with Gasteiger partial charge in [0.05, 0.1) is 12.6 Å². The monoisotopic (exact) mass is 435 g/mol. The minimum absolute atomic E-state index is 0.0348. The summed E-state index contributed by atoms with van der Waals surface area (Å²) in [7, 11) is 0. The number of carbonyl (C=O) groups excluding carboxylic acids is 2. The van der Waals surface area contributed by atoms with Gasteiger partial charge in [-0.3, -0.25) is 14.9 Å². The molecule has 1 aromatic rings. The van der Waals surface area contributed by atoms with E-state index in [2.05, 4.69) is 10.6 Å². The number of esters is 1. The van der Waals surface area contributed by atoms with E-state index in [4.69, 9.17) is 9.73 Å². The summed E-state index contributed by atoms with van der Waals surface area (Å²) < 4.78 is 31.7. The van der Waals surface area contributed by atoms with Crippen molar-refractivity contribution in [3.8, 4) is 0 Å². The predicted octanol–water partition coefficient (Wildman–Crippen LogP) is 4.09. The third kappa shape index (κ3) is 7.01. The first kappa shape index (κ1) is 23.2. The highest BCUT2D eigenvalue weighted by Gasteiger charge is 2.25. The molecule has 3 rings (SSSR count). The van der Waals surface area contributed by atoms with Gasteiger partial charge in [0.25, 0.3) is 5.91 Å². The standard InChI is InChI=1S/C23H31F2N3O3/c1-2-31-21(29)13-15-7-10-18(11-8-15)27-23(26-17-5-3-4-6-17)28-22(30)16-9-12-19(24)20(25)14-16/h9,12,14-15,17-18H,2-8,10-11,13H2,1H3,(H2,26,27,28,30). The van der Waals surface area contributed by atoms with Crippen LogP contribution in [0, 0.1) is 17.6 Å². The summed E-state index contributed by atoms with van der Waals surface area (Å²) in [4.78, 5) is 29.0. The summed E-state index contributed by atoms with van der Waals surface area (Å²) in [5, 5.41) is 6.08. The second kappa shape index (κ2) is 11.2. The lowest BCUT2D eigenvalue weighted by Gasteiger charge is -2.27. The average molecular weight is 436 g/mol. The van der Waals surface area contributed by atoms with Crippen LogP contribution in [0.4, 0.5) is 8.78 Å². The minimum atomic E-state index is -1.06. The van der Waals surface area contributed by atoms with Gasteiger partial charge in [0.1, 0.15) is 0 Å². The molecule has 0 aromatic heterocycles. The second-order valence-electron chi connectivity index (χ2n) is 8.37. The summed E-state index contributed by atoms with van der Waals surface area (Å²) in [6.07, 6.45) is 8.09. The lowest BCUT2D eigenvalue weighted by atomic mass is 9.84. The Morgan fingerprint density at radius 3 is 2.42 bits per heavy atom. The Balaban J connectivity index is 1.63. The highest BCUT2D eigenvalue weighted by Crippen LogP contribution is 2.29. The molecule has 31 heavy (non-hydrogen) atoms. The summed E-state index contributed by atoms with van der Waals surface area (Å²) in [5.74, 6) is -2.05. The largest absolute Gasteiger partial charge is 0.466 e. The van der Waals surface area contributed by atoms with Gasteiger partial charge >= 0.3 is 5.97 Å². The first-order valence-corrected chi connectivity index (χ1v) is 11.2. The van der Waals surface area contributed by atoms with E-state index in [1.165, 1.54) is 6.07 Å². The average Bonchev–Trinajstić information content (AvgIpc) is 3.24. The van der Waals surface area contributed by atoms with Crippen LogP contribution >= 0.6 is 0 Å². The second-order valence-corrected chi connectivity index (χ2v) is 8.37. The lowest BCUT2D eigenvalue weighted by molar-refractivity contribution is -0.144. The zero-order valence-corrected chi connectivity index (χ0v) is 18.0. The number of hydrogen-bond donors (Lipinski definition) is 2. The van der Waals surface area contributed by atoms with Gasteiger partial charge in [-0.1, -0.05) is 12.8 Å². The van der Waals surface area contributed by atoms with Crippen LogP contribution in [0.5, 0.6) is 0 Å². The van der Waals surface area contributed by atoms with Crippen molar-refractivity contribution in [2.24, 2.45) is 10.9 Å². The van der Waals surface area contributed by atoms with Crippen LogP contribution in [0.15, 0.2) is 23.2 Å². The SMILES string of the molecule is CCOC(=O)CC1CCC(N=C(NC(=O)c2ccc(F)c(F)c2)NC2CCCC2)CC1. The molecule has 1 amide bonds. The number of ether oxygens (including phenoxy) is 1. The first-order chi connectivity index (χ1) is 14.9. The van der Waals surface area contributed by atoms with E-state index in [9.17, 15) is 18.4 Å². The molecule has 2 fully saturated rings. The summed E-state index contributed by atoms with van der Waals surface area (Å²) >= 11 is 0. The molecular formula is C23H31F2N3O3. The van der Waals surface area contributed by atoms with Gasteiger partial charge in [-0.15, -0.1) is 0 Å². The third-order valence-corrected chi connectivity index (χ3v) is 6.00. The van der Waals surface area contributed by atoms with Gasteiger partial charge < -0.3 is 10.1 Å². The van der Waals surface area contributed by atoms with Crippen LogP contribution in [-0.2, 0) is 9.53 Å². The van der Waals surface area contributed by atoms with Gasteiger partial charge in [0.2, 0.25) is 0 Å². The van der Waals surface area contributed by atoms with Gasteiger partial charge in [0.15, 0.2) is 17.6 Å². The number of rotatable bonds is 6. The van der Waals surface area contributed by atoms with E-state index in [0.717, 1.165) is 63.5 Å². The third-order valence-electron chi connectivity index (χ3n) is 6.00. The molecule has 1 aromatic carbocycles. The molecule has 0 radical (unpaired) electrons. The van der Waals surface area contributed by atoms with E-state index in [0.29, 0.717) is 24.9 Å². The van der Waals surface area contributed by atoms with Crippen molar-refractivity contribution in [1.29, 1.82) is 0 Å². The van der Waals surface area contributed by atoms with Crippen molar-refractivity contribution in [1.82, 2.24) is 10.6 Å². The Morgan fingerprint density at radius 1 is 1.06 bits per heavy atom. The van der Waals surface area contributed by atoms with Gasteiger partial charge in [0, 0.05) is 18.0 Å². The molecule has 6 nitrogen and oxygen atoms in total. The van der Waals surface area contributed by atoms with Crippen LogP contribution in [0.25, 0.3) is 0 Å². The summed E-state index contributed by atoms with van der Waals surface area (Å²) in [6, 6.07) is 3.35. The number of benzene rings is 1. The van der Waals surface area contributed by atoms with E-state index >= 15 is 0 Å². The van der Waals surface area contributed by atoms with Gasteiger partial charge in [-0.2, -0.15) is 0 Å². The van der Waals surface area contributed by atoms with Crippen molar-refractivity contribution in [3.05, 3.63) is 35.4 Å². The topological polar surface area (TPSA) is 79.8 Å².